The fourth-order valence-electron chi connectivity index (χ4n) is 1.30. The summed E-state index contributed by atoms with van der Waals surface area (Å²) in [4.78, 5) is 10.1. The summed E-state index contributed by atoms with van der Waals surface area (Å²) in [6.45, 7) is 1.67. The molecule has 0 fully saturated rings. The minimum Gasteiger partial charge on any atom is -0.392 e. The molecule has 1 aromatic carbocycles. The summed E-state index contributed by atoms with van der Waals surface area (Å²) in [6, 6.07) is 3.60. The predicted molar refractivity (Wildman–Crippen MR) is 66.4 cm³/mol. The second-order valence-electron chi connectivity index (χ2n) is 3.94. The molecule has 1 rings (SSSR count). The first-order chi connectivity index (χ1) is 8.21. The van der Waals surface area contributed by atoms with E-state index in [4.69, 9.17) is 5.11 Å². The minimum atomic E-state index is -3.49. The second-order valence-corrected chi connectivity index (χ2v) is 5.95. The first-order valence-corrected chi connectivity index (χ1v) is 7.01. The van der Waals surface area contributed by atoms with Gasteiger partial charge in [0.1, 0.15) is 5.69 Å². The molecule has 2 N–H and O–H groups in total. The summed E-state index contributed by atoms with van der Waals surface area (Å²) in [5.41, 5.74) is -0.160. The lowest BCUT2D eigenvalue weighted by Crippen LogP contribution is -2.16. The molecule has 0 aliphatic heterocycles. The largest absolute Gasteiger partial charge is 0.392 e. The third-order valence-electron chi connectivity index (χ3n) is 2.18. The summed E-state index contributed by atoms with van der Waals surface area (Å²) in [6.07, 6.45) is 0.314. The van der Waals surface area contributed by atoms with E-state index in [-0.39, 0.29) is 22.8 Å². The monoisotopic (exact) mass is 274 g/mol. The maximum Gasteiger partial charge on any atom is 0.293 e. The number of nitrogens with zero attached hydrogens (tertiary/aromatic N) is 1. The quantitative estimate of drug-likeness (QED) is 0.607. The van der Waals surface area contributed by atoms with Crippen LogP contribution >= 0.6 is 0 Å². The van der Waals surface area contributed by atoms with Gasteiger partial charge in [-0.05, 0) is 19.1 Å². The zero-order valence-corrected chi connectivity index (χ0v) is 10.8. The Morgan fingerprint density at radius 3 is 2.56 bits per heavy atom. The maximum absolute atomic E-state index is 11.3. The Balaban J connectivity index is 3.17. The Hall–Kier alpha value is -1.67. The SMILES string of the molecule is CC(O)CNc1ccc(S(C)(=O)=O)cc1[N+](=O)[O-]. The van der Waals surface area contributed by atoms with Gasteiger partial charge in [0.25, 0.3) is 5.69 Å². The number of aliphatic hydroxyl groups excluding tert-OH is 1. The smallest absolute Gasteiger partial charge is 0.293 e. The molecule has 0 saturated carbocycles. The van der Waals surface area contributed by atoms with Crippen LogP contribution in [0, 0.1) is 10.1 Å². The Labute approximate surface area is 105 Å². The highest BCUT2D eigenvalue weighted by Crippen LogP contribution is 2.27. The molecule has 100 valence electrons. The summed E-state index contributed by atoms with van der Waals surface area (Å²) >= 11 is 0. The molecule has 18 heavy (non-hydrogen) atoms. The van der Waals surface area contributed by atoms with Crippen LogP contribution in [0.3, 0.4) is 0 Å². The van der Waals surface area contributed by atoms with Gasteiger partial charge in [0.15, 0.2) is 9.84 Å². The number of anilines is 1. The molecule has 7 nitrogen and oxygen atoms in total. The van der Waals surface area contributed by atoms with Crippen LogP contribution in [-0.4, -0.2) is 37.4 Å². The van der Waals surface area contributed by atoms with E-state index >= 15 is 0 Å². The van der Waals surface area contributed by atoms with Crippen molar-refractivity contribution in [3.8, 4) is 0 Å². The highest BCUT2D eigenvalue weighted by Gasteiger charge is 2.18. The molecule has 1 unspecified atom stereocenters. The van der Waals surface area contributed by atoms with E-state index in [0.717, 1.165) is 12.3 Å². The van der Waals surface area contributed by atoms with Crippen molar-refractivity contribution in [3.05, 3.63) is 28.3 Å². The number of benzene rings is 1. The van der Waals surface area contributed by atoms with E-state index < -0.39 is 20.9 Å². The first-order valence-electron chi connectivity index (χ1n) is 5.12. The molecule has 0 spiro atoms. The van der Waals surface area contributed by atoms with E-state index in [1.54, 1.807) is 0 Å². The van der Waals surface area contributed by atoms with Crippen LogP contribution in [0.5, 0.6) is 0 Å². The van der Waals surface area contributed by atoms with Gasteiger partial charge in [-0.3, -0.25) is 10.1 Å². The zero-order valence-electron chi connectivity index (χ0n) is 9.95. The van der Waals surface area contributed by atoms with Gasteiger partial charge in [-0.2, -0.15) is 0 Å². The molecule has 0 radical (unpaired) electrons. The molecule has 1 atom stereocenters. The lowest BCUT2D eigenvalue weighted by molar-refractivity contribution is -0.384. The van der Waals surface area contributed by atoms with Crippen LogP contribution < -0.4 is 5.32 Å². The zero-order chi connectivity index (χ0) is 13.9. The van der Waals surface area contributed by atoms with E-state index in [0.29, 0.717) is 0 Å². The third kappa shape index (κ3) is 3.67. The van der Waals surface area contributed by atoms with Crippen molar-refractivity contribution in [1.82, 2.24) is 0 Å². The number of sulfone groups is 1. The standard InChI is InChI=1S/C10H14N2O5S/c1-7(13)6-11-9-4-3-8(18(2,16)17)5-10(9)12(14)15/h3-5,7,11,13H,6H2,1-2H3. The van der Waals surface area contributed by atoms with E-state index in [1.807, 2.05) is 0 Å². The molecule has 0 aliphatic rings. The van der Waals surface area contributed by atoms with Crippen LogP contribution in [0.2, 0.25) is 0 Å². The Kier molecular flexibility index (Phi) is 4.25. The third-order valence-corrected chi connectivity index (χ3v) is 3.29. The Morgan fingerprint density at radius 1 is 1.50 bits per heavy atom. The fourth-order valence-corrected chi connectivity index (χ4v) is 1.94. The minimum absolute atomic E-state index is 0.114. The summed E-state index contributed by atoms with van der Waals surface area (Å²) in [5, 5.41) is 22.6. The van der Waals surface area contributed by atoms with Gasteiger partial charge in [-0.1, -0.05) is 0 Å². The summed E-state index contributed by atoms with van der Waals surface area (Å²) < 4.78 is 22.6. The van der Waals surface area contributed by atoms with Crippen molar-refractivity contribution in [1.29, 1.82) is 0 Å². The number of rotatable bonds is 5. The molecule has 0 aliphatic carbocycles. The van der Waals surface area contributed by atoms with Crippen LogP contribution in [0.15, 0.2) is 23.1 Å². The van der Waals surface area contributed by atoms with Crippen molar-refractivity contribution in [2.75, 3.05) is 18.1 Å². The van der Waals surface area contributed by atoms with Crippen LogP contribution in [-0.2, 0) is 9.84 Å². The number of hydrogen-bond acceptors (Lipinski definition) is 6. The van der Waals surface area contributed by atoms with Crippen LogP contribution in [0.25, 0.3) is 0 Å². The maximum atomic E-state index is 11.3. The molecule has 8 heteroatoms. The normalized spacial score (nSPS) is 13.1. The number of nitrogens with one attached hydrogen (secondary N) is 1. The van der Waals surface area contributed by atoms with Gasteiger partial charge in [-0.25, -0.2) is 8.42 Å². The van der Waals surface area contributed by atoms with E-state index in [9.17, 15) is 18.5 Å². The lowest BCUT2D eigenvalue weighted by Gasteiger charge is -2.09. The predicted octanol–water partition coefficient (Wildman–Crippen LogP) is 0.791. The van der Waals surface area contributed by atoms with Crippen LogP contribution in [0.1, 0.15) is 6.92 Å². The molecule has 0 aromatic heterocycles. The average molecular weight is 274 g/mol. The topological polar surface area (TPSA) is 110 Å². The molecule has 1 aromatic rings. The highest BCUT2D eigenvalue weighted by molar-refractivity contribution is 7.90. The fraction of sp³-hybridized carbons (Fsp3) is 0.400. The molecule has 0 heterocycles. The second kappa shape index (κ2) is 5.32. The first kappa shape index (κ1) is 14.4. The van der Waals surface area contributed by atoms with Crippen molar-refractivity contribution >= 4 is 21.2 Å². The van der Waals surface area contributed by atoms with Crippen molar-refractivity contribution < 1.29 is 18.4 Å². The van der Waals surface area contributed by atoms with Gasteiger partial charge >= 0.3 is 0 Å². The summed E-state index contributed by atoms with van der Waals surface area (Å²) in [5.74, 6) is 0. The molecule has 0 amide bonds. The number of hydrogen-bond donors (Lipinski definition) is 2. The molecule has 0 saturated heterocycles. The van der Waals surface area contributed by atoms with Gasteiger partial charge in [0.2, 0.25) is 0 Å². The Bertz CT molecular complexity index is 553. The number of aliphatic hydroxyl groups is 1. The Morgan fingerprint density at radius 2 is 2.11 bits per heavy atom. The van der Waals surface area contributed by atoms with E-state index in [2.05, 4.69) is 5.32 Å². The number of nitro benzene ring substituents is 1. The van der Waals surface area contributed by atoms with Gasteiger partial charge in [-0.15, -0.1) is 0 Å². The van der Waals surface area contributed by atoms with Crippen molar-refractivity contribution in [3.63, 3.8) is 0 Å². The average Bonchev–Trinajstić information content (AvgIpc) is 2.24. The lowest BCUT2D eigenvalue weighted by atomic mass is 10.2. The van der Waals surface area contributed by atoms with Crippen molar-refractivity contribution in [2.45, 2.75) is 17.9 Å². The number of nitro groups is 1. The van der Waals surface area contributed by atoms with Gasteiger partial charge in [0, 0.05) is 18.9 Å². The molecular formula is C10H14N2O5S. The van der Waals surface area contributed by atoms with Crippen LogP contribution in [0.4, 0.5) is 11.4 Å². The van der Waals surface area contributed by atoms with E-state index in [1.165, 1.54) is 19.1 Å². The van der Waals surface area contributed by atoms with Crippen molar-refractivity contribution in [2.24, 2.45) is 0 Å². The molecule has 0 bridgehead atoms. The summed E-state index contributed by atoms with van der Waals surface area (Å²) in [7, 11) is -3.49. The highest BCUT2D eigenvalue weighted by atomic mass is 32.2. The van der Waals surface area contributed by atoms with Gasteiger partial charge in [0.05, 0.1) is 15.9 Å². The van der Waals surface area contributed by atoms with Gasteiger partial charge < -0.3 is 10.4 Å². The molecular weight excluding hydrogens is 260 g/mol.